The van der Waals surface area contributed by atoms with E-state index in [9.17, 15) is 0 Å². The lowest BCUT2D eigenvalue weighted by Crippen LogP contribution is -2.14. The molecule has 3 rings (SSSR count). The predicted molar refractivity (Wildman–Crippen MR) is 76.5 cm³/mol. The first-order valence-corrected chi connectivity index (χ1v) is 7.28. The second kappa shape index (κ2) is 5.27. The summed E-state index contributed by atoms with van der Waals surface area (Å²) in [4.78, 5) is 0. The third kappa shape index (κ3) is 2.93. The molecular weight excluding hydrogens is 258 g/mol. The molecule has 0 saturated heterocycles. The average molecular weight is 275 g/mol. The molecule has 1 N–H and O–H groups in total. The molecule has 1 aromatic heterocycles. The number of ether oxygens (including phenoxy) is 1. The van der Waals surface area contributed by atoms with Crippen LogP contribution in [0.1, 0.15) is 23.4 Å². The molecule has 0 unspecified atom stereocenters. The first kappa shape index (κ1) is 12.6. The Kier molecular flexibility index (Phi) is 3.48. The fourth-order valence-corrected chi connectivity index (χ4v) is 2.75. The van der Waals surface area contributed by atoms with Crippen molar-refractivity contribution in [3.05, 3.63) is 28.8 Å². The van der Waals surface area contributed by atoms with Crippen molar-refractivity contribution < 1.29 is 4.74 Å². The van der Waals surface area contributed by atoms with Gasteiger partial charge in [-0.3, -0.25) is 0 Å². The minimum absolute atomic E-state index is 0.695. The summed E-state index contributed by atoms with van der Waals surface area (Å²) in [6.07, 6.45) is 2.58. The number of aromatic nitrogens is 2. The highest BCUT2D eigenvalue weighted by Gasteiger charge is 2.21. The van der Waals surface area contributed by atoms with Crippen LogP contribution in [-0.4, -0.2) is 23.3 Å². The van der Waals surface area contributed by atoms with Crippen LogP contribution in [0, 0.1) is 6.92 Å². The number of nitrogens with one attached hydrogen (secondary N) is 1. The zero-order chi connectivity index (χ0) is 13.2. The molecule has 0 atom stereocenters. The summed E-state index contributed by atoms with van der Waals surface area (Å²) < 4.78 is 5.40. The minimum atomic E-state index is 0.695. The van der Waals surface area contributed by atoms with Crippen LogP contribution >= 0.6 is 11.3 Å². The Morgan fingerprint density at radius 1 is 1.37 bits per heavy atom. The summed E-state index contributed by atoms with van der Waals surface area (Å²) in [7, 11) is 1.69. The SMILES string of the molecule is COc1ccc(C)cc1-c1nnc(CNC2CC2)s1. The van der Waals surface area contributed by atoms with E-state index in [0.29, 0.717) is 6.04 Å². The van der Waals surface area contributed by atoms with Crippen molar-refractivity contribution >= 4 is 11.3 Å². The van der Waals surface area contributed by atoms with Crippen LogP contribution in [0.25, 0.3) is 10.6 Å². The molecule has 0 amide bonds. The monoisotopic (exact) mass is 275 g/mol. The van der Waals surface area contributed by atoms with E-state index in [2.05, 4.69) is 28.5 Å². The number of methoxy groups -OCH3 is 1. The van der Waals surface area contributed by atoms with Crippen molar-refractivity contribution in [2.24, 2.45) is 0 Å². The minimum Gasteiger partial charge on any atom is -0.496 e. The topological polar surface area (TPSA) is 47.0 Å². The Morgan fingerprint density at radius 3 is 2.95 bits per heavy atom. The van der Waals surface area contributed by atoms with Crippen LogP contribution in [0.2, 0.25) is 0 Å². The van der Waals surface area contributed by atoms with Crippen molar-refractivity contribution in [1.29, 1.82) is 0 Å². The molecule has 0 spiro atoms. The Morgan fingerprint density at radius 2 is 2.21 bits per heavy atom. The van der Waals surface area contributed by atoms with Crippen LogP contribution in [0.15, 0.2) is 18.2 Å². The van der Waals surface area contributed by atoms with Gasteiger partial charge >= 0.3 is 0 Å². The van der Waals surface area contributed by atoms with Crippen LogP contribution in [0.5, 0.6) is 5.75 Å². The molecular formula is C14H17N3OS. The standard InChI is InChI=1S/C14H17N3OS/c1-9-3-6-12(18-2)11(7-9)14-17-16-13(19-14)8-15-10-4-5-10/h3,6-7,10,15H,4-5,8H2,1-2H3. The molecule has 4 nitrogen and oxygen atoms in total. The molecule has 1 saturated carbocycles. The first-order valence-electron chi connectivity index (χ1n) is 6.47. The molecule has 0 aliphatic heterocycles. The van der Waals surface area contributed by atoms with E-state index >= 15 is 0 Å². The molecule has 0 bridgehead atoms. The highest BCUT2D eigenvalue weighted by Crippen LogP contribution is 2.33. The van der Waals surface area contributed by atoms with Gasteiger partial charge in [-0.05, 0) is 31.9 Å². The van der Waals surface area contributed by atoms with E-state index in [-0.39, 0.29) is 0 Å². The third-order valence-corrected chi connectivity index (χ3v) is 4.13. The van der Waals surface area contributed by atoms with Gasteiger partial charge in [-0.15, -0.1) is 10.2 Å². The molecule has 1 heterocycles. The number of nitrogens with zero attached hydrogens (tertiary/aromatic N) is 2. The summed E-state index contributed by atoms with van der Waals surface area (Å²) in [5.41, 5.74) is 2.22. The molecule has 19 heavy (non-hydrogen) atoms. The molecule has 1 aliphatic rings. The van der Waals surface area contributed by atoms with E-state index in [1.165, 1.54) is 18.4 Å². The van der Waals surface area contributed by atoms with Gasteiger partial charge in [0.1, 0.15) is 10.8 Å². The molecule has 1 aliphatic carbocycles. The van der Waals surface area contributed by atoms with Gasteiger partial charge in [-0.25, -0.2) is 0 Å². The first-order chi connectivity index (χ1) is 9.26. The lowest BCUT2D eigenvalue weighted by Gasteiger charge is -2.06. The molecule has 1 aromatic carbocycles. The van der Waals surface area contributed by atoms with Gasteiger partial charge in [-0.2, -0.15) is 0 Å². The lowest BCUT2D eigenvalue weighted by molar-refractivity contribution is 0.416. The van der Waals surface area contributed by atoms with Crippen molar-refractivity contribution in [2.45, 2.75) is 32.4 Å². The number of hydrogen-bond donors (Lipinski definition) is 1. The highest BCUT2D eigenvalue weighted by atomic mass is 32.1. The van der Waals surface area contributed by atoms with Crippen molar-refractivity contribution in [2.75, 3.05) is 7.11 Å². The Hall–Kier alpha value is -1.46. The molecule has 0 radical (unpaired) electrons. The van der Waals surface area contributed by atoms with Gasteiger partial charge in [0.2, 0.25) is 0 Å². The van der Waals surface area contributed by atoms with Crippen molar-refractivity contribution in [3.63, 3.8) is 0 Å². The highest BCUT2D eigenvalue weighted by molar-refractivity contribution is 7.14. The van der Waals surface area contributed by atoms with E-state index < -0.39 is 0 Å². The summed E-state index contributed by atoms with van der Waals surface area (Å²) in [6.45, 7) is 2.88. The van der Waals surface area contributed by atoms with E-state index in [4.69, 9.17) is 4.74 Å². The van der Waals surface area contributed by atoms with Crippen LogP contribution in [-0.2, 0) is 6.54 Å². The normalized spacial score (nSPS) is 14.6. The Bertz CT molecular complexity index is 578. The zero-order valence-electron chi connectivity index (χ0n) is 11.1. The van der Waals surface area contributed by atoms with E-state index in [1.54, 1.807) is 18.4 Å². The van der Waals surface area contributed by atoms with Crippen molar-refractivity contribution in [1.82, 2.24) is 15.5 Å². The number of rotatable bonds is 5. The predicted octanol–water partition coefficient (Wildman–Crippen LogP) is 2.77. The lowest BCUT2D eigenvalue weighted by atomic mass is 10.1. The van der Waals surface area contributed by atoms with Gasteiger partial charge < -0.3 is 10.1 Å². The second-order valence-corrected chi connectivity index (χ2v) is 5.92. The van der Waals surface area contributed by atoms with Gasteiger partial charge in [0, 0.05) is 12.6 Å². The smallest absolute Gasteiger partial charge is 0.151 e. The van der Waals surface area contributed by atoms with Gasteiger partial charge in [0.15, 0.2) is 5.01 Å². The number of aryl methyl sites for hydroxylation is 1. The Balaban J connectivity index is 1.82. The maximum Gasteiger partial charge on any atom is 0.151 e. The Labute approximate surface area is 116 Å². The summed E-state index contributed by atoms with van der Waals surface area (Å²) in [5, 5.41) is 13.9. The summed E-state index contributed by atoms with van der Waals surface area (Å²) in [5.74, 6) is 0.850. The third-order valence-electron chi connectivity index (χ3n) is 3.17. The van der Waals surface area contributed by atoms with Gasteiger partial charge in [-0.1, -0.05) is 23.0 Å². The van der Waals surface area contributed by atoms with Crippen molar-refractivity contribution in [3.8, 4) is 16.3 Å². The quantitative estimate of drug-likeness (QED) is 0.911. The maximum atomic E-state index is 5.40. The largest absolute Gasteiger partial charge is 0.496 e. The molecule has 2 aromatic rings. The molecule has 5 heteroatoms. The number of benzene rings is 1. The van der Waals surface area contributed by atoms with Crippen LogP contribution < -0.4 is 10.1 Å². The molecule has 100 valence electrons. The van der Waals surface area contributed by atoms with Crippen LogP contribution in [0.3, 0.4) is 0 Å². The average Bonchev–Trinajstić information content (AvgIpc) is 3.13. The zero-order valence-corrected chi connectivity index (χ0v) is 12.0. The van der Waals surface area contributed by atoms with Gasteiger partial charge in [0.25, 0.3) is 0 Å². The summed E-state index contributed by atoms with van der Waals surface area (Å²) >= 11 is 1.63. The fourth-order valence-electron chi connectivity index (χ4n) is 1.94. The molecule has 1 fully saturated rings. The summed E-state index contributed by atoms with van der Waals surface area (Å²) in [6, 6.07) is 6.81. The van der Waals surface area contributed by atoms with E-state index in [1.807, 2.05) is 12.1 Å². The second-order valence-electron chi connectivity index (χ2n) is 4.86. The number of hydrogen-bond acceptors (Lipinski definition) is 5. The van der Waals surface area contributed by atoms with Crippen LogP contribution in [0.4, 0.5) is 0 Å². The maximum absolute atomic E-state index is 5.40. The van der Waals surface area contributed by atoms with Gasteiger partial charge in [0.05, 0.1) is 12.7 Å². The fraction of sp³-hybridized carbons (Fsp3) is 0.429. The van der Waals surface area contributed by atoms with E-state index in [0.717, 1.165) is 27.9 Å².